The molecule has 0 aromatic rings. The summed E-state index contributed by atoms with van der Waals surface area (Å²) in [5, 5.41) is 8.66. The van der Waals surface area contributed by atoms with E-state index < -0.39 is 6.04 Å². The Morgan fingerprint density at radius 1 is 1.42 bits per heavy atom. The fourth-order valence-electron chi connectivity index (χ4n) is 2.55. The quantitative estimate of drug-likeness (QED) is 0.338. The topological polar surface area (TPSA) is 109 Å². The standard InChI is InChI=1S/C11H12BrN5O2/c12-6-3-5-4(7-10(19)17-11(13)16-7)1-2-14-9(18)8(5)15-6/h3,5,8,15H,1-2H2,(H,14,18)(H3,13,16,17,19)/b7-4-. The van der Waals surface area contributed by atoms with E-state index in [4.69, 9.17) is 5.73 Å². The summed E-state index contributed by atoms with van der Waals surface area (Å²) >= 11 is 3.33. The number of carbonyl (C=O) groups excluding carboxylic acids is 2. The van der Waals surface area contributed by atoms with Crippen molar-refractivity contribution < 1.29 is 9.59 Å². The lowest BCUT2D eigenvalue weighted by Gasteiger charge is -2.18. The van der Waals surface area contributed by atoms with Crippen LogP contribution < -0.4 is 21.7 Å². The molecule has 19 heavy (non-hydrogen) atoms. The van der Waals surface area contributed by atoms with Gasteiger partial charge in [0.2, 0.25) is 11.9 Å². The fourth-order valence-corrected chi connectivity index (χ4v) is 3.08. The zero-order valence-corrected chi connectivity index (χ0v) is 11.5. The van der Waals surface area contributed by atoms with Crippen LogP contribution in [0.3, 0.4) is 0 Å². The van der Waals surface area contributed by atoms with Crippen molar-refractivity contribution in [2.45, 2.75) is 12.5 Å². The average Bonchev–Trinajstić information content (AvgIpc) is 2.84. The van der Waals surface area contributed by atoms with Crippen molar-refractivity contribution in [1.29, 1.82) is 0 Å². The van der Waals surface area contributed by atoms with Gasteiger partial charge in [0.05, 0.1) is 4.61 Å². The molecule has 0 spiro atoms. The monoisotopic (exact) mass is 325 g/mol. The second kappa shape index (κ2) is 4.37. The van der Waals surface area contributed by atoms with Crippen molar-refractivity contribution in [3.8, 4) is 0 Å². The normalized spacial score (nSPS) is 33.7. The molecule has 5 N–H and O–H groups in total. The maximum atomic E-state index is 11.9. The highest BCUT2D eigenvalue weighted by Gasteiger charge is 2.39. The number of nitrogens with two attached hydrogens (primary N) is 1. The number of halogens is 1. The number of aliphatic imine (C=N–C) groups is 1. The molecule has 1 saturated heterocycles. The van der Waals surface area contributed by atoms with Crippen LogP contribution in [-0.4, -0.2) is 30.4 Å². The van der Waals surface area contributed by atoms with Crippen molar-refractivity contribution in [2.24, 2.45) is 16.6 Å². The maximum Gasteiger partial charge on any atom is 0.296 e. The first-order valence-electron chi connectivity index (χ1n) is 5.86. The number of guanidine groups is 1. The van der Waals surface area contributed by atoms with Gasteiger partial charge in [0, 0.05) is 12.5 Å². The summed E-state index contributed by atoms with van der Waals surface area (Å²) in [6, 6.07) is -0.407. The van der Waals surface area contributed by atoms with Gasteiger partial charge in [0.25, 0.3) is 5.91 Å². The largest absolute Gasteiger partial charge is 0.369 e. The highest BCUT2D eigenvalue weighted by atomic mass is 79.9. The van der Waals surface area contributed by atoms with E-state index in [1.54, 1.807) is 0 Å². The van der Waals surface area contributed by atoms with E-state index >= 15 is 0 Å². The molecule has 3 aliphatic rings. The van der Waals surface area contributed by atoms with E-state index in [0.29, 0.717) is 18.7 Å². The molecule has 0 bridgehead atoms. The minimum atomic E-state index is -0.407. The Morgan fingerprint density at radius 3 is 2.89 bits per heavy atom. The third kappa shape index (κ3) is 2.01. The van der Waals surface area contributed by atoms with Gasteiger partial charge in [0.1, 0.15) is 11.7 Å². The summed E-state index contributed by atoms with van der Waals surface area (Å²) in [5.74, 6) is -0.534. The molecule has 2 amide bonds. The smallest absolute Gasteiger partial charge is 0.296 e. The van der Waals surface area contributed by atoms with E-state index in [-0.39, 0.29) is 23.7 Å². The van der Waals surface area contributed by atoms with E-state index in [1.165, 1.54) is 0 Å². The lowest BCUT2D eigenvalue weighted by molar-refractivity contribution is -0.123. The molecular formula is C11H12BrN5O2. The summed E-state index contributed by atoms with van der Waals surface area (Å²) in [4.78, 5) is 27.4. The van der Waals surface area contributed by atoms with Gasteiger partial charge in [-0.05, 0) is 34.0 Å². The lowest BCUT2D eigenvalue weighted by Crippen LogP contribution is -2.42. The SMILES string of the molecule is NC1=NC(=O)/C(=C2\CCNC(=O)C3NC(Br)=CC23)N1. The zero-order chi connectivity index (χ0) is 13.6. The van der Waals surface area contributed by atoms with Crippen LogP contribution >= 0.6 is 15.9 Å². The molecule has 100 valence electrons. The highest BCUT2D eigenvalue weighted by molar-refractivity contribution is 9.11. The minimum absolute atomic E-state index is 0.0781. The second-order valence-corrected chi connectivity index (χ2v) is 5.39. The molecule has 0 aliphatic carbocycles. The van der Waals surface area contributed by atoms with Crippen LogP contribution in [0.4, 0.5) is 0 Å². The third-order valence-corrected chi connectivity index (χ3v) is 3.86. The summed E-state index contributed by atoms with van der Waals surface area (Å²) in [6.45, 7) is 0.493. The highest BCUT2D eigenvalue weighted by Crippen LogP contribution is 2.32. The van der Waals surface area contributed by atoms with E-state index in [1.807, 2.05) is 6.08 Å². The third-order valence-electron chi connectivity index (χ3n) is 3.37. The van der Waals surface area contributed by atoms with Crippen LogP contribution in [0.5, 0.6) is 0 Å². The van der Waals surface area contributed by atoms with Gasteiger partial charge in [-0.2, -0.15) is 4.99 Å². The Labute approximate surface area is 117 Å². The van der Waals surface area contributed by atoms with Crippen molar-refractivity contribution in [1.82, 2.24) is 16.0 Å². The van der Waals surface area contributed by atoms with Gasteiger partial charge in [0.15, 0.2) is 0 Å². The van der Waals surface area contributed by atoms with E-state index in [2.05, 4.69) is 36.9 Å². The molecule has 0 aromatic heterocycles. The van der Waals surface area contributed by atoms with Crippen molar-refractivity contribution in [2.75, 3.05) is 6.54 Å². The number of fused-ring (bicyclic) bond motifs is 1. The molecular weight excluding hydrogens is 314 g/mol. The number of hydrogen-bond donors (Lipinski definition) is 4. The molecule has 3 aliphatic heterocycles. The van der Waals surface area contributed by atoms with Gasteiger partial charge in [-0.15, -0.1) is 0 Å². The average molecular weight is 326 g/mol. The summed E-state index contributed by atoms with van der Waals surface area (Å²) in [6.07, 6.45) is 2.48. The Kier molecular flexibility index (Phi) is 2.81. The van der Waals surface area contributed by atoms with E-state index in [9.17, 15) is 9.59 Å². The predicted molar refractivity (Wildman–Crippen MR) is 71.8 cm³/mol. The molecule has 3 heterocycles. The van der Waals surface area contributed by atoms with Gasteiger partial charge in [-0.25, -0.2) is 0 Å². The summed E-state index contributed by atoms with van der Waals surface area (Å²) in [7, 11) is 0. The van der Waals surface area contributed by atoms with Crippen LogP contribution in [0, 0.1) is 5.92 Å². The van der Waals surface area contributed by atoms with Crippen LogP contribution in [0.25, 0.3) is 0 Å². The molecule has 3 rings (SSSR count). The van der Waals surface area contributed by atoms with E-state index in [0.717, 1.165) is 10.2 Å². The first-order valence-corrected chi connectivity index (χ1v) is 6.65. The molecule has 0 saturated carbocycles. The molecule has 2 atom stereocenters. The van der Waals surface area contributed by atoms with Gasteiger partial charge in [-0.1, -0.05) is 0 Å². The van der Waals surface area contributed by atoms with Gasteiger partial charge >= 0.3 is 0 Å². The van der Waals surface area contributed by atoms with Crippen molar-refractivity contribution in [3.05, 3.63) is 22.0 Å². The molecule has 0 aromatic carbocycles. The molecule has 8 heteroatoms. The lowest BCUT2D eigenvalue weighted by atomic mass is 9.90. The number of nitrogens with one attached hydrogen (secondary N) is 3. The Hall–Kier alpha value is -1.83. The summed E-state index contributed by atoms with van der Waals surface area (Å²) in [5.41, 5.74) is 6.75. The Balaban J connectivity index is 2.03. The van der Waals surface area contributed by atoms with Crippen molar-refractivity contribution in [3.63, 3.8) is 0 Å². The van der Waals surface area contributed by atoms with Crippen molar-refractivity contribution >= 4 is 33.7 Å². The van der Waals surface area contributed by atoms with Gasteiger partial charge in [-0.3, -0.25) is 9.59 Å². The second-order valence-electron chi connectivity index (χ2n) is 4.53. The van der Waals surface area contributed by atoms with Gasteiger partial charge < -0.3 is 21.7 Å². The molecule has 7 nitrogen and oxygen atoms in total. The van der Waals surface area contributed by atoms with Crippen LogP contribution in [0.15, 0.2) is 26.9 Å². The molecule has 0 radical (unpaired) electrons. The predicted octanol–water partition coefficient (Wildman–Crippen LogP) is -0.971. The molecule has 1 fully saturated rings. The Bertz CT molecular complexity index is 565. The zero-order valence-electron chi connectivity index (χ0n) is 9.87. The summed E-state index contributed by atoms with van der Waals surface area (Å²) < 4.78 is 0.747. The minimum Gasteiger partial charge on any atom is -0.369 e. The number of carbonyl (C=O) groups is 2. The first-order chi connectivity index (χ1) is 9.06. The first kappa shape index (κ1) is 12.2. The van der Waals surface area contributed by atoms with Crippen LogP contribution in [-0.2, 0) is 9.59 Å². The van der Waals surface area contributed by atoms with Crippen LogP contribution in [0.2, 0.25) is 0 Å². The number of rotatable bonds is 0. The maximum absolute atomic E-state index is 11.9. The number of nitrogens with zero attached hydrogens (tertiary/aromatic N) is 1. The number of amides is 2. The molecule has 2 unspecified atom stereocenters. The Morgan fingerprint density at radius 2 is 2.21 bits per heavy atom. The number of hydrogen-bond acceptors (Lipinski definition) is 5. The fraction of sp³-hybridized carbons (Fsp3) is 0.364. The van der Waals surface area contributed by atoms with Crippen LogP contribution in [0.1, 0.15) is 6.42 Å².